The van der Waals surface area contributed by atoms with Gasteiger partial charge >= 0.3 is 0 Å². The standard InChI is InChI=1S/C23H25N3O2/c1-23(2,3)17-8-10-18(11-9-17)26-22(27)16-12-13-24-21(14-16)25-19-6-5-7-20(15-19)28-4/h5-15H,1-4H3,(H,24,25)(H,26,27). The van der Waals surface area contributed by atoms with Crippen molar-refractivity contribution in [1.82, 2.24) is 4.98 Å². The predicted molar refractivity (Wildman–Crippen MR) is 114 cm³/mol. The van der Waals surface area contributed by atoms with Gasteiger partial charge in [-0.25, -0.2) is 4.98 Å². The van der Waals surface area contributed by atoms with Crippen LogP contribution in [0.1, 0.15) is 36.7 Å². The fraction of sp³-hybridized carbons (Fsp3) is 0.217. The summed E-state index contributed by atoms with van der Waals surface area (Å²) in [6, 6.07) is 18.9. The molecule has 5 nitrogen and oxygen atoms in total. The van der Waals surface area contributed by atoms with Crippen molar-refractivity contribution in [3.63, 3.8) is 0 Å². The lowest BCUT2D eigenvalue weighted by molar-refractivity contribution is 0.102. The smallest absolute Gasteiger partial charge is 0.255 e. The summed E-state index contributed by atoms with van der Waals surface area (Å²) in [5, 5.41) is 6.12. The normalized spacial score (nSPS) is 11.0. The first-order valence-corrected chi connectivity index (χ1v) is 9.14. The molecular formula is C23H25N3O2. The molecule has 0 atom stereocenters. The number of anilines is 3. The summed E-state index contributed by atoms with van der Waals surface area (Å²) in [4.78, 5) is 16.9. The van der Waals surface area contributed by atoms with Gasteiger partial charge in [-0.15, -0.1) is 0 Å². The number of carbonyl (C=O) groups excluding carboxylic acids is 1. The number of benzene rings is 2. The Hall–Kier alpha value is -3.34. The van der Waals surface area contributed by atoms with E-state index in [9.17, 15) is 4.79 Å². The SMILES string of the molecule is COc1cccc(Nc2cc(C(=O)Nc3ccc(C(C)(C)C)cc3)ccn2)c1. The topological polar surface area (TPSA) is 63.2 Å². The maximum absolute atomic E-state index is 12.6. The molecule has 0 bridgehead atoms. The first-order chi connectivity index (χ1) is 13.3. The largest absolute Gasteiger partial charge is 0.497 e. The summed E-state index contributed by atoms with van der Waals surface area (Å²) in [7, 11) is 1.62. The zero-order chi connectivity index (χ0) is 20.1. The number of nitrogens with one attached hydrogen (secondary N) is 2. The number of carbonyl (C=O) groups is 1. The lowest BCUT2D eigenvalue weighted by Crippen LogP contribution is -2.14. The quantitative estimate of drug-likeness (QED) is 0.628. The number of rotatable bonds is 5. The first kappa shape index (κ1) is 19.4. The van der Waals surface area contributed by atoms with Crippen LogP contribution in [0.2, 0.25) is 0 Å². The van der Waals surface area contributed by atoms with E-state index in [0.717, 1.165) is 17.1 Å². The van der Waals surface area contributed by atoms with Crippen LogP contribution in [-0.2, 0) is 5.41 Å². The third kappa shape index (κ3) is 4.88. The lowest BCUT2D eigenvalue weighted by Gasteiger charge is -2.19. The van der Waals surface area contributed by atoms with Crippen LogP contribution in [0, 0.1) is 0 Å². The van der Waals surface area contributed by atoms with E-state index in [1.807, 2.05) is 48.5 Å². The summed E-state index contributed by atoms with van der Waals surface area (Å²) in [5.74, 6) is 1.15. The molecule has 28 heavy (non-hydrogen) atoms. The Balaban J connectivity index is 1.71. The molecular weight excluding hydrogens is 350 g/mol. The summed E-state index contributed by atoms with van der Waals surface area (Å²) >= 11 is 0. The van der Waals surface area contributed by atoms with Crippen molar-refractivity contribution >= 4 is 23.1 Å². The molecule has 0 aliphatic rings. The van der Waals surface area contributed by atoms with Crippen LogP contribution in [0.5, 0.6) is 5.75 Å². The van der Waals surface area contributed by atoms with Crippen molar-refractivity contribution in [2.75, 3.05) is 17.7 Å². The zero-order valence-corrected chi connectivity index (χ0v) is 16.6. The van der Waals surface area contributed by atoms with Gasteiger partial charge in [0, 0.05) is 29.2 Å². The maximum atomic E-state index is 12.6. The van der Waals surface area contributed by atoms with Gasteiger partial charge < -0.3 is 15.4 Å². The monoisotopic (exact) mass is 375 g/mol. The van der Waals surface area contributed by atoms with Crippen molar-refractivity contribution in [2.45, 2.75) is 26.2 Å². The minimum Gasteiger partial charge on any atom is -0.497 e. The number of hydrogen-bond acceptors (Lipinski definition) is 4. The maximum Gasteiger partial charge on any atom is 0.255 e. The van der Waals surface area contributed by atoms with Crippen LogP contribution >= 0.6 is 0 Å². The number of nitrogens with zero attached hydrogens (tertiary/aromatic N) is 1. The van der Waals surface area contributed by atoms with Crippen molar-refractivity contribution in [3.05, 3.63) is 78.0 Å². The second-order valence-electron chi connectivity index (χ2n) is 7.57. The van der Waals surface area contributed by atoms with Gasteiger partial charge in [0.15, 0.2) is 0 Å². The van der Waals surface area contributed by atoms with Gasteiger partial charge in [0.25, 0.3) is 5.91 Å². The molecule has 0 fully saturated rings. The molecule has 1 aromatic heterocycles. The van der Waals surface area contributed by atoms with Crippen LogP contribution in [0.3, 0.4) is 0 Å². The minimum atomic E-state index is -0.181. The second kappa shape index (κ2) is 8.13. The van der Waals surface area contributed by atoms with E-state index in [0.29, 0.717) is 11.4 Å². The molecule has 0 aliphatic carbocycles. The zero-order valence-electron chi connectivity index (χ0n) is 16.6. The number of methoxy groups -OCH3 is 1. The van der Waals surface area contributed by atoms with Gasteiger partial charge in [-0.3, -0.25) is 4.79 Å². The molecule has 2 aromatic carbocycles. The molecule has 144 valence electrons. The molecule has 3 rings (SSSR count). The highest BCUT2D eigenvalue weighted by Crippen LogP contribution is 2.24. The van der Waals surface area contributed by atoms with Crippen LogP contribution in [-0.4, -0.2) is 18.0 Å². The van der Waals surface area contributed by atoms with Crippen LogP contribution in [0.4, 0.5) is 17.2 Å². The van der Waals surface area contributed by atoms with Crippen LogP contribution in [0.25, 0.3) is 0 Å². The predicted octanol–water partition coefficient (Wildman–Crippen LogP) is 5.38. The van der Waals surface area contributed by atoms with Gasteiger partial charge in [-0.2, -0.15) is 0 Å². The lowest BCUT2D eigenvalue weighted by atomic mass is 9.87. The molecule has 0 radical (unpaired) electrons. The van der Waals surface area contributed by atoms with E-state index in [-0.39, 0.29) is 11.3 Å². The van der Waals surface area contributed by atoms with Crippen molar-refractivity contribution in [1.29, 1.82) is 0 Å². The molecule has 2 N–H and O–H groups in total. The third-order valence-electron chi connectivity index (χ3n) is 4.37. The van der Waals surface area contributed by atoms with E-state index < -0.39 is 0 Å². The Bertz CT molecular complexity index is 960. The van der Waals surface area contributed by atoms with Gasteiger partial charge in [0.2, 0.25) is 0 Å². The van der Waals surface area contributed by atoms with E-state index in [4.69, 9.17) is 4.74 Å². The third-order valence-corrected chi connectivity index (χ3v) is 4.37. The number of hydrogen-bond donors (Lipinski definition) is 2. The van der Waals surface area contributed by atoms with E-state index in [1.54, 1.807) is 25.4 Å². The fourth-order valence-corrected chi connectivity index (χ4v) is 2.75. The Labute approximate surface area is 165 Å². The first-order valence-electron chi connectivity index (χ1n) is 9.14. The van der Waals surface area contributed by atoms with Crippen molar-refractivity contribution in [2.24, 2.45) is 0 Å². The van der Waals surface area contributed by atoms with Gasteiger partial charge in [0.1, 0.15) is 11.6 Å². The number of ether oxygens (including phenoxy) is 1. The molecule has 1 heterocycles. The van der Waals surface area contributed by atoms with E-state index in [1.165, 1.54) is 5.56 Å². The Morgan fingerprint density at radius 1 is 0.964 bits per heavy atom. The molecule has 0 aliphatic heterocycles. The number of pyridine rings is 1. The Morgan fingerprint density at radius 3 is 2.39 bits per heavy atom. The number of aromatic nitrogens is 1. The Morgan fingerprint density at radius 2 is 1.71 bits per heavy atom. The van der Waals surface area contributed by atoms with Gasteiger partial charge in [-0.05, 0) is 47.4 Å². The summed E-state index contributed by atoms with van der Waals surface area (Å²) < 4.78 is 5.23. The van der Waals surface area contributed by atoms with E-state index >= 15 is 0 Å². The number of amides is 1. The highest BCUT2D eigenvalue weighted by Gasteiger charge is 2.13. The molecule has 0 saturated carbocycles. The molecule has 3 aromatic rings. The van der Waals surface area contributed by atoms with Gasteiger partial charge in [0.05, 0.1) is 7.11 Å². The molecule has 0 spiro atoms. The fourth-order valence-electron chi connectivity index (χ4n) is 2.75. The average Bonchev–Trinajstić information content (AvgIpc) is 2.68. The molecule has 5 heteroatoms. The summed E-state index contributed by atoms with van der Waals surface area (Å²) in [6.45, 7) is 6.48. The molecule has 0 unspecified atom stereocenters. The van der Waals surface area contributed by atoms with Crippen LogP contribution in [0.15, 0.2) is 66.9 Å². The minimum absolute atomic E-state index is 0.0777. The van der Waals surface area contributed by atoms with Crippen molar-refractivity contribution in [3.8, 4) is 5.75 Å². The van der Waals surface area contributed by atoms with E-state index in [2.05, 4.69) is 36.4 Å². The second-order valence-corrected chi connectivity index (χ2v) is 7.57. The summed E-state index contributed by atoms with van der Waals surface area (Å²) in [5.41, 5.74) is 3.42. The van der Waals surface area contributed by atoms with Gasteiger partial charge in [-0.1, -0.05) is 39.0 Å². The summed E-state index contributed by atoms with van der Waals surface area (Å²) in [6.07, 6.45) is 1.61. The Kier molecular flexibility index (Phi) is 5.64. The highest BCUT2D eigenvalue weighted by atomic mass is 16.5. The highest BCUT2D eigenvalue weighted by molar-refractivity contribution is 6.04. The average molecular weight is 375 g/mol. The van der Waals surface area contributed by atoms with Crippen LogP contribution < -0.4 is 15.4 Å². The molecule has 0 saturated heterocycles. The molecule has 1 amide bonds. The van der Waals surface area contributed by atoms with Crippen molar-refractivity contribution < 1.29 is 9.53 Å².